The molecule has 0 radical (unpaired) electrons. The number of pyridine rings is 1. The number of rotatable bonds is 3. The maximum absolute atomic E-state index is 12.7. The molecular weight excluding hydrogens is 302 g/mol. The molecule has 1 amide bonds. The molecule has 4 heterocycles. The van der Waals surface area contributed by atoms with Crippen molar-refractivity contribution in [2.24, 2.45) is 5.92 Å². The Hall–Kier alpha value is -1.46. The molecule has 3 aliphatic rings. The average Bonchev–Trinajstić information content (AvgIpc) is 3.26. The van der Waals surface area contributed by atoms with Crippen LogP contribution < -0.4 is 0 Å². The minimum atomic E-state index is -0.106. The van der Waals surface area contributed by atoms with Crippen molar-refractivity contribution >= 4 is 5.91 Å². The van der Waals surface area contributed by atoms with E-state index >= 15 is 0 Å². The quantitative estimate of drug-likeness (QED) is 0.853. The fraction of sp³-hybridized carbons (Fsp3) is 0.684. The van der Waals surface area contributed by atoms with Crippen molar-refractivity contribution in [1.82, 2.24) is 14.8 Å². The number of ether oxygens (including phenoxy) is 1. The van der Waals surface area contributed by atoms with Crippen molar-refractivity contribution < 1.29 is 9.53 Å². The molecule has 130 valence electrons. The molecule has 1 aromatic heterocycles. The van der Waals surface area contributed by atoms with Crippen LogP contribution in [0.2, 0.25) is 0 Å². The zero-order valence-corrected chi connectivity index (χ0v) is 14.3. The van der Waals surface area contributed by atoms with Gasteiger partial charge in [-0.15, -0.1) is 0 Å². The molecule has 0 saturated carbocycles. The summed E-state index contributed by atoms with van der Waals surface area (Å²) in [6, 6.07) is 3.60. The summed E-state index contributed by atoms with van der Waals surface area (Å²) in [5.74, 6) is 0.738. The molecule has 5 heteroatoms. The van der Waals surface area contributed by atoms with Gasteiger partial charge < -0.3 is 14.5 Å². The lowest BCUT2D eigenvalue weighted by atomic mass is 9.86. The molecule has 1 spiro atoms. The van der Waals surface area contributed by atoms with Crippen molar-refractivity contribution in [1.29, 1.82) is 0 Å². The number of nitrogens with zero attached hydrogens (tertiary/aromatic N) is 3. The van der Waals surface area contributed by atoms with E-state index < -0.39 is 0 Å². The predicted molar refractivity (Wildman–Crippen MR) is 91.8 cm³/mol. The van der Waals surface area contributed by atoms with Crippen LogP contribution in [0.25, 0.3) is 0 Å². The highest BCUT2D eigenvalue weighted by Crippen LogP contribution is 2.38. The summed E-state index contributed by atoms with van der Waals surface area (Å²) >= 11 is 0. The highest BCUT2D eigenvalue weighted by Gasteiger charge is 2.44. The zero-order valence-electron chi connectivity index (χ0n) is 14.3. The van der Waals surface area contributed by atoms with E-state index in [0.717, 1.165) is 44.5 Å². The van der Waals surface area contributed by atoms with Gasteiger partial charge in [-0.3, -0.25) is 9.78 Å². The third-order valence-corrected chi connectivity index (χ3v) is 5.75. The molecule has 0 aromatic carbocycles. The SMILES string of the molecule is O=C(c1ccncc1)N1CCC[C@@]2(C[C@@H](CN3CCCC3)CO2)C1. The van der Waals surface area contributed by atoms with Crippen molar-refractivity contribution in [3.05, 3.63) is 30.1 Å². The second kappa shape index (κ2) is 6.81. The van der Waals surface area contributed by atoms with Crippen LogP contribution in [0.3, 0.4) is 0 Å². The van der Waals surface area contributed by atoms with E-state index in [9.17, 15) is 4.79 Å². The molecule has 5 nitrogen and oxygen atoms in total. The van der Waals surface area contributed by atoms with Gasteiger partial charge in [0.25, 0.3) is 5.91 Å². The summed E-state index contributed by atoms with van der Waals surface area (Å²) < 4.78 is 6.29. The first kappa shape index (κ1) is 16.0. The Bertz CT molecular complexity index is 573. The van der Waals surface area contributed by atoms with Gasteiger partial charge >= 0.3 is 0 Å². The zero-order chi connectivity index (χ0) is 16.4. The number of likely N-dealkylation sites (tertiary alicyclic amines) is 2. The molecule has 0 unspecified atom stereocenters. The van der Waals surface area contributed by atoms with Gasteiger partial charge in [0.05, 0.1) is 12.2 Å². The van der Waals surface area contributed by atoms with Gasteiger partial charge in [-0.1, -0.05) is 0 Å². The molecule has 0 N–H and O–H groups in total. The summed E-state index contributed by atoms with van der Waals surface area (Å²) in [4.78, 5) is 21.3. The standard InChI is InChI=1S/C19H27N3O2/c23-18(17-4-7-20-8-5-17)22-11-3-6-19(15-22)12-16(14-24-19)13-21-9-1-2-10-21/h4-5,7-8,16H,1-3,6,9-15H2/t16-,19+/m0/s1. The number of aromatic nitrogens is 1. The number of carbonyl (C=O) groups excluding carboxylic acids is 1. The second-order valence-corrected chi connectivity index (χ2v) is 7.64. The van der Waals surface area contributed by atoms with Crippen LogP contribution >= 0.6 is 0 Å². The average molecular weight is 329 g/mol. The Morgan fingerprint density at radius 3 is 2.79 bits per heavy atom. The van der Waals surface area contributed by atoms with Gasteiger partial charge in [0, 0.05) is 37.6 Å². The van der Waals surface area contributed by atoms with Crippen LogP contribution in [-0.4, -0.2) is 65.6 Å². The van der Waals surface area contributed by atoms with Gasteiger partial charge in [0.2, 0.25) is 0 Å². The number of piperidine rings is 1. The molecule has 3 aliphatic heterocycles. The van der Waals surface area contributed by atoms with E-state index in [1.165, 1.54) is 32.5 Å². The van der Waals surface area contributed by atoms with Crippen molar-refractivity contribution in [2.75, 3.05) is 39.3 Å². The minimum absolute atomic E-state index is 0.106. The normalized spacial score (nSPS) is 31.0. The Morgan fingerprint density at radius 1 is 1.21 bits per heavy atom. The number of hydrogen-bond acceptors (Lipinski definition) is 4. The Morgan fingerprint density at radius 2 is 2.00 bits per heavy atom. The fourth-order valence-corrected chi connectivity index (χ4v) is 4.62. The Balaban J connectivity index is 1.38. The van der Waals surface area contributed by atoms with E-state index in [0.29, 0.717) is 5.92 Å². The van der Waals surface area contributed by atoms with Crippen LogP contribution in [0.1, 0.15) is 42.5 Å². The monoisotopic (exact) mass is 329 g/mol. The van der Waals surface area contributed by atoms with Crippen LogP contribution in [0.15, 0.2) is 24.5 Å². The Labute approximate surface area is 144 Å². The molecule has 2 atom stereocenters. The van der Waals surface area contributed by atoms with Gasteiger partial charge in [-0.2, -0.15) is 0 Å². The Kier molecular flexibility index (Phi) is 4.55. The molecule has 24 heavy (non-hydrogen) atoms. The molecule has 0 aliphatic carbocycles. The highest BCUT2D eigenvalue weighted by molar-refractivity contribution is 5.94. The van der Waals surface area contributed by atoms with Crippen LogP contribution in [0.4, 0.5) is 0 Å². The van der Waals surface area contributed by atoms with Gasteiger partial charge in [0.1, 0.15) is 0 Å². The summed E-state index contributed by atoms with van der Waals surface area (Å²) in [5.41, 5.74) is 0.624. The molecular formula is C19H27N3O2. The van der Waals surface area contributed by atoms with E-state index in [1.54, 1.807) is 24.5 Å². The molecule has 1 aromatic rings. The van der Waals surface area contributed by atoms with E-state index in [-0.39, 0.29) is 11.5 Å². The molecule has 0 bridgehead atoms. The van der Waals surface area contributed by atoms with Crippen molar-refractivity contribution in [3.63, 3.8) is 0 Å². The first-order chi connectivity index (χ1) is 11.7. The number of carbonyl (C=O) groups is 1. The largest absolute Gasteiger partial charge is 0.373 e. The van der Waals surface area contributed by atoms with Gasteiger partial charge in [0.15, 0.2) is 0 Å². The maximum Gasteiger partial charge on any atom is 0.254 e. The van der Waals surface area contributed by atoms with Crippen molar-refractivity contribution in [3.8, 4) is 0 Å². The van der Waals surface area contributed by atoms with Crippen LogP contribution in [0, 0.1) is 5.92 Å². The third kappa shape index (κ3) is 3.33. The lowest BCUT2D eigenvalue weighted by Crippen LogP contribution is -2.50. The first-order valence-corrected chi connectivity index (χ1v) is 9.30. The lowest BCUT2D eigenvalue weighted by Gasteiger charge is -2.40. The van der Waals surface area contributed by atoms with E-state index in [4.69, 9.17) is 4.74 Å². The molecule has 3 fully saturated rings. The smallest absolute Gasteiger partial charge is 0.254 e. The maximum atomic E-state index is 12.7. The number of hydrogen-bond donors (Lipinski definition) is 0. The number of amides is 1. The van der Waals surface area contributed by atoms with Crippen LogP contribution in [-0.2, 0) is 4.74 Å². The third-order valence-electron chi connectivity index (χ3n) is 5.75. The first-order valence-electron chi connectivity index (χ1n) is 9.30. The highest BCUT2D eigenvalue weighted by atomic mass is 16.5. The summed E-state index contributed by atoms with van der Waals surface area (Å²) in [5, 5.41) is 0. The minimum Gasteiger partial charge on any atom is -0.373 e. The topological polar surface area (TPSA) is 45.7 Å². The summed E-state index contributed by atoms with van der Waals surface area (Å²) in [7, 11) is 0. The van der Waals surface area contributed by atoms with Crippen molar-refractivity contribution in [2.45, 2.75) is 37.7 Å². The van der Waals surface area contributed by atoms with Gasteiger partial charge in [-0.05, 0) is 63.2 Å². The lowest BCUT2D eigenvalue weighted by molar-refractivity contribution is -0.0450. The van der Waals surface area contributed by atoms with E-state index in [1.807, 2.05) is 4.90 Å². The van der Waals surface area contributed by atoms with Crippen LogP contribution in [0.5, 0.6) is 0 Å². The summed E-state index contributed by atoms with van der Waals surface area (Å²) in [6.07, 6.45) is 9.27. The van der Waals surface area contributed by atoms with Gasteiger partial charge in [-0.25, -0.2) is 0 Å². The molecule has 4 rings (SSSR count). The fourth-order valence-electron chi connectivity index (χ4n) is 4.62. The van der Waals surface area contributed by atoms with E-state index in [2.05, 4.69) is 9.88 Å². The second-order valence-electron chi connectivity index (χ2n) is 7.64. The predicted octanol–water partition coefficient (Wildman–Crippen LogP) is 2.19. The summed E-state index contributed by atoms with van der Waals surface area (Å²) in [6.45, 7) is 6.09. The molecule has 3 saturated heterocycles.